The first-order chi connectivity index (χ1) is 11.2. The number of rotatable bonds is 6. The van der Waals surface area contributed by atoms with Crippen LogP contribution in [0.25, 0.3) is 0 Å². The second-order valence-corrected chi connectivity index (χ2v) is 4.92. The summed E-state index contributed by atoms with van der Waals surface area (Å²) in [5.74, 6) is 0.634. The number of nitro benzene ring substituents is 1. The van der Waals surface area contributed by atoms with E-state index < -0.39 is 0 Å². The van der Waals surface area contributed by atoms with Crippen molar-refractivity contribution in [2.75, 3.05) is 6.54 Å². The lowest BCUT2D eigenvalue weighted by Gasteiger charge is -2.11. The topological polar surface area (TPSA) is 79.6 Å². The molecule has 6 heteroatoms. The van der Waals surface area contributed by atoms with Crippen molar-refractivity contribution in [3.8, 4) is 0 Å². The molecule has 23 heavy (non-hydrogen) atoms. The van der Waals surface area contributed by atoms with Gasteiger partial charge in [0.1, 0.15) is 0 Å². The van der Waals surface area contributed by atoms with Crippen LogP contribution in [0.4, 0.5) is 5.69 Å². The normalized spacial score (nSPS) is 11.1. The molecule has 2 N–H and O–H groups in total. The van der Waals surface area contributed by atoms with Crippen LogP contribution < -0.4 is 10.6 Å². The number of benzene rings is 2. The van der Waals surface area contributed by atoms with Crippen LogP contribution in [0.2, 0.25) is 0 Å². The molecule has 0 aliphatic carbocycles. The molecule has 0 atom stereocenters. The zero-order valence-corrected chi connectivity index (χ0v) is 13.0. The van der Waals surface area contributed by atoms with Crippen molar-refractivity contribution in [2.45, 2.75) is 20.0 Å². The van der Waals surface area contributed by atoms with Crippen molar-refractivity contribution in [1.29, 1.82) is 0 Å². The van der Waals surface area contributed by atoms with Crippen LogP contribution >= 0.6 is 0 Å². The molecule has 6 nitrogen and oxygen atoms in total. The zero-order chi connectivity index (χ0) is 16.5. The molecule has 120 valence electrons. The average molecular weight is 312 g/mol. The molecule has 0 saturated heterocycles. The van der Waals surface area contributed by atoms with E-state index in [0.29, 0.717) is 24.6 Å². The fourth-order valence-corrected chi connectivity index (χ4v) is 2.11. The third-order valence-corrected chi connectivity index (χ3v) is 3.24. The molecule has 0 radical (unpaired) electrons. The van der Waals surface area contributed by atoms with E-state index >= 15 is 0 Å². The number of aliphatic imine (C=N–C) groups is 1. The molecule has 0 bridgehead atoms. The quantitative estimate of drug-likeness (QED) is 0.372. The zero-order valence-electron chi connectivity index (χ0n) is 13.0. The number of hydrogen-bond acceptors (Lipinski definition) is 3. The van der Waals surface area contributed by atoms with Crippen molar-refractivity contribution in [1.82, 2.24) is 10.6 Å². The average Bonchev–Trinajstić information content (AvgIpc) is 2.58. The highest BCUT2D eigenvalue weighted by Crippen LogP contribution is 2.16. The molecule has 0 spiro atoms. The van der Waals surface area contributed by atoms with Crippen LogP contribution in [0.5, 0.6) is 0 Å². The summed E-state index contributed by atoms with van der Waals surface area (Å²) in [6.45, 7) is 3.59. The number of hydrogen-bond donors (Lipinski definition) is 2. The first kappa shape index (κ1) is 16.5. The maximum Gasteiger partial charge on any atom is 0.274 e. The molecular weight excluding hydrogens is 292 g/mol. The van der Waals surface area contributed by atoms with E-state index in [1.807, 2.05) is 37.3 Å². The van der Waals surface area contributed by atoms with Gasteiger partial charge < -0.3 is 10.6 Å². The minimum absolute atomic E-state index is 0.110. The number of nitrogens with zero attached hydrogens (tertiary/aromatic N) is 2. The summed E-state index contributed by atoms with van der Waals surface area (Å²) >= 11 is 0. The van der Waals surface area contributed by atoms with Gasteiger partial charge in [-0.25, -0.2) is 4.99 Å². The molecule has 0 fully saturated rings. The standard InChI is InChI=1S/C17H20N4O2/c1-2-18-17(19-12-14-8-4-3-5-9-14)20-13-15-10-6-7-11-16(15)21(22)23/h3-11H,2,12-13H2,1H3,(H2,18,19,20). The van der Waals surface area contributed by atoms with Gasteiger partial charge in [-0.2, -0.15) is 0 Å². The van der Waals surface area contributed by atoms with E-state index in [2.05, 4.69) is 15.6 Å². The van der Waals surface area contributed by atoms with Gasteiger partial charge in [0, 0.05) is 24.7 Å². The highest BCUT2D eigenvalue weighted by Gasteiger charge is 2.12. The van der Waals surface area contributed by atoms with Crippen LogP contribution in [0.3, 0.4) is 0 Å². The predicted octanol–water partition coefficient (Wildman–Crippen LogP) is 2.85. The first-order valence-electron chi connectivity index (χ1n) is 7.49. The summed E-state index contributed by atoms with van der Waals surface area (Å²) in [4.78, 5) is 15.2. The number of para-hydroxylation sites is 1. The monoisotopic (exact) mass is 312 g/mol. The Kier molecular flexibility index (Phi) is 6.11. The fourth-order valence-electron chi connectivity index (χ4n) is 2.11. The summed E-state index contributed by atoms with van der Waals surface area (Å²) in [6, 6.07) is 16.6. The third kappa shape index (κ3) is 5.10. The molecular formula is C17H20N4O2. The van der Waals surface area contributed by atoms with Gasteiger partial charge in [-0.05, 0) is 12.5 Å². The van der Waals surface area contributed by atoms with Crippen molar-refractivity contribution in [3.05, 3.63) is 75.8 Å². The maximum atomic E-state index is 11.0. The van der Waals surface area contributed by atoms with E-state index in [1.165, 1.54) is 6.07 Å². The Hall–Kier alpha value is -2.89. The highest BCUT2D eigenvalue weighted by molar-refractivity contribution is 5.79. The molecule has 0 aliphatic rings. The summed E-state index contributed by atoms with van der Waals surface area (Å²) in [5, 5.41) is 17.3. The van der Waals surface area contributed by atoms with Gasteiger partial charge in [-0.3, -0.25) is 10.1 Å². The van der Waals surface area contributed by atoms with Crippen molar-refractivity contribution in [3.63, 3.8) is 0 Å². The van der Waals surface area contributed by atoms with Crippen LogP contribution in [0.1, 0.15) is 18.1 Å². The van der Waals surface area contributed by atoms with E-state index in [1.54, 1.807) is 18.2 Å². The molecule has 0 aliphatic heterocycles. The number of nitro groups is 1. The smallest absolute Gasteiger partial charge is 0.274 e. The molecule has 2 rings (SSSR count). The van der Waals surface area contributed by atoms with Crippen LogP contribution in [-0.4, -0.2) is 17.4 Å². The fraction of sp³-hybridized carbons (Fsp3) is 0.235. The molecule has 0 unspecified atom stereocenters. The van der Waals surface area contributed by atoms with Crippen LogP contribution in [0, 0.1) is 10.1 Å². The number of nitrogens with one attached hydrogen (secondary N) is 2. The maximum absolute atomic E-state index is 11.0. The van der Waals surface area contributed by atoms with Gasteiger partial charge in [0.05, 0.1) is 11.5 Å². The van der Waals surface area contributed by atoms with Gasteiger partial charge in [-0.1, -0.05) is 48.5 Å². The molecule has 0 aromatic heterocycles. The molecule has 2 aromatic rings. The van der Waals surface area contributed by atoms with E-state index in [0.717, 1.165) is 12.1 Å². The Morgan fingerprint density at radius 1 is 1.09 bits per heavy atom. The lowest BCUT2D eigenvalue weighted by Crippen LogP contribution is -2.36. The minimum Gasteiger partial charge on any atom is -0.357 e. The Balaban J connectivity index is 2.04. The summed E-state index contributed by atoms with van der Waals surface area (Å²) in [5.41, 5.74) is 1.84. The summed E-state index contributed by atoms with van der Waals surface area (Å²) in [7, 11) is 0. The van der Waals surface area contributed by atoms with Gasteiger partial charge in [0.15, 0.2) is 5.96 Å². The molecule has 0 heterocycles. The van der Waals surface area contributed by atoms with Crippen LogP contribution in [-0.2, 0) is 13.1 Å². The van der Waals surface area contributed by atoms with Gasteiger partial charge in [-0.15, -0.1) is 0 Å². The minimum atomic E-state index is -0.370. The van der Waals surface area contributed by atoms with Crippen molar-refractivity contribution in [2.24, 2.45) is 4.99 Å². The Morgan fingerprint density at radius 2 is 1.78 bits per heavy atom. The third-order valence-electron chi connectivity index (χ3n) is 3.24. The Bertz CT molecular complexity index is 671. The summed E-state index contributed by atoms with van der Waals surface area (Å²) < 4.78 is 0. The number of guanidine groups is 1. The van der Waals surface area contributed by atoms with Crippen molar-refractivity contribution >= 4 is 11.6 Å². The first-order valence-corrected chi connectivity index (χ1v) is 7.49. The molecule has 0 saturated carbocycles. The lowest BCUT2D eigenvalue weighted by atomic mass is 10.2. The lowest BCUT2D eigenvalue weighted by molar-refractivity contribution is -0.385. The van der Waals surface area contributed by atoms with Crippen molar-refractivity contribution < 1.29 is 4.92 Å². The van der Waals surface area contributed by atoms with Gasteiger partial charge in [0.25, 0.3) is 5.69 Å². The van der Waals surface area contributed by atoms with E-state index in [-0.39, 0.29) is 10.6 Å². The molecule has 2 aromatic carbocycles. The highest BCUT2D eigenvalue weighted by atomic mass is 16.6. The van der Waals surface area contributed by atoms with Crippen LogP contribution in [0.15, 0.2) is 59.6 Å². The van der Waals surface area contributed by atoms with Gasteiger partial charge in [0.2, 0.25) is 0 Å². The van der Waals surface area contributed by atoms with E-state index in [4.69, 9.17) is 0 Å². The van der Waals surface area contributed by atoms with E-state index in [9.17, 15) is 10.1 Å². The largest absolute Gasteiger partial charge is 0.357 e. The SMILES string of the molecule is CCNC(=NCc1ccccc1)NCc1ccccc1[N+](=O)[O-]. The second-order valence-electron chi connectivity index (χ2n) is 4.92. The van der Waals surface area contributed by atoms with Gasteiger partial charge >= 0.3 is 0 Å². The predicted molar refractivity (Wildman–Crippen MR) is 91.2 cm³/mol. The Labute approximate surface area is 135 Å². The molecule has 0 amide bonds. The Morgan fingerprint density at radius 3 is 2.48 bits per heavy atom. The second kappa shape index (κ2) is 8.53. The summed E-state index contributed by atoms with van der Waals surface area (Å²) in [6.07, 6.45) is 0.